The minimum atomic E-state index is -4.21. The van der Waals surface area contributed by atoms with Gasteiger partial charge in [-0.2, -0.15) is 0 Å². The SMILES string of the molecule is CC(Nc1ccc(Cl)c(S(N)(=O)=O)c1O)C(=O)O. The summed E-state index contributed by atoms with van der Waals surface area (Å²) in [5.41, 5.74) is -0.0849. The van der Waals surface area contributed by atoms with Crippen molar-refractivity contribution in [2.75, 3.05) is 5.32 Å². The van der Waals surface area contributed by atoms with Crippen LogP contribution < -0.4 is 10.5 Å². The van der Waals surface area contributed by atoms with Gasteiger partial charge in [-0.3, -0.25) is 4.79 Å². The van der Waals surface area contributed by atoms with Crippen molar-refractivity contribution >= 4 is 33.3 Å². The molecule has 0 amide bonds. The predicted octanol–water partition coefficient (Wildman–Crippen LogP) is 0.578. The van der Waals surface area contributed by atoms with Crippen molar-refractivity contribution in [1.82, 2.24) is 0 Å². The van der Waals surface area contributed by atoms with Crippen LogP contribution in [0.15, 0.2) is 17.0 Å². The monoisotopic (exact) mass is 294 g/mol. The van der Waals surface area contributed by atoms with Crippen molar-refractivity contribution in [3.05, 3.63) is 17.2 Å². The van der Waals surface area contributed by atoms with Gasteiger partial charge in [-0.15, -0.1) is 0 Å². The van der Waals surface area contributed by atoms with Gasteiger partial charge in [0.25, 0.3) is 0 Å². The van der Waals surface area contributed by atoms with E-state index in [1.54, 1.807) is 0 Å². The molecule has 0 radical (unpaired) electrons. The van der Waals surface area contributed by atoms with Crippen molar-refractivity contribution in [2.45, 2.75) is 17.9 Å². The third-order valence-corrected chi connectivity index (χ3v) is 3.52. The number of carboxylic acid groups (broad SMARTS) is 1. The number of nitrogens with two attached hydrogens (primary N) is 1. The third kappa shape index (κ3) is 3.03. The largest absolute Gasteiger partial charge is 0.504 e. The fourth-order valence-electron chi connectivity index (χ4n) is 1.23. The molecule has 0 saturated heterocycles. The van der Waals surface area contributed by atoms with E-state index in [1.807, 2.05) is 0 Å². The third-order valence-electron chi connectivity index (χ3n) is 2.11. The standard InChI is InChI=1S/C9H11ClN2O5S/c1-4(9(14)15)12-6-3-2-5(10)8(7(6)13)18(11,16)17/h2-4,12-13H,1H3,(H,14,15)(H2,11,16,17). The van der Waals surface area contributed by atoms with Crippen molar-refractivity contribution in [1.29, 1.82) is 0 Å². The second-order valence-electron chi connectivity index (χ2n) is 3.52. The fourth-order valence-corrected chi connectivity index (χ4v) is 2.42. The van der Waals surface area contributed by atoms with Crippen LogP contribution in [-0.4, -0.2) is 30.6 Å². The summed E-state index contributed by atoms with van der Waals surface area (Å²) in [7, 11) is -4.21. The van der Waals surface area contributed by atoms with Gasteiger partial charge in [-0.25, -0.2) is 13.6 Å². The number of anilines is 1. The summed E-state index contributed by atoms with van der Waals surface area (Å²) in [6, 6.07) is 1.43. The van der Waals surface area contributed by atoms with Crippen LogP contribution in [0, 0.1) is 0 Å². The number of rotatable bonds is 4. The summed E-state index contributed by atoms with van der Waals surface area (Å²) < 4.78 is 22.5. The van der Waals surface area contributed by atoms with Gasteiger partial charge in [0.1, 0.15) is 10.9 Å². The number of hydrogen-bond acceptors (Lipinski definition) is 5. The first-order valence-electron chi connectivity index (χ1n) is 4.68. The number of hydrogen-bond donors (Lipinski definition) is 4. The summed E-state index contributed by atoms with van der Waals surface area (Å²) in [4.78, 5) is 10.0. The van der Waals surface area contributed by atoms with E-state index >= 15 is 0 Å². The maximum absolute atomic E-state index is 11.2. The number of phenolic OH excluding ortho intramolecular Hbond substituents is 1. The number of aromatic hydroxyl groups is 1. The van der Waals surface area contributed by atoms with Gasteiger partial charge < -0.3 is 15.5 Å². The minimum Gasteiger partial charge on any atom is -0.504 e. The molecular formula is C9H11ClN2O5S. The highest BCUT2D eigenvalue weighted by atomic mass is 35.5. The molecule has 0 aliphatic carbocycles. The number of halogens is 1. The number of aliphatic carboxylic acids is 1. The van der Waals surface area contributed by atoms with E-state index in [0.717, 1.165) is 0 Å². The molecule has 0 fully saturated rings. The van der Waals surface area contributed by atoms with Crippen LogP contribution in [-0.2, 0) is 14.8 Å². The lowest BCUT2D eigenvalue weighted by atomic mass is 10.2. The van der Waals surface area contributed by atoms with E-state index in [2.05, 4.69) is 5.32 Å². The number of sulfonamides is 1. The highest BCUT2D eigenvalue weighted by Gasteiger charge is 2.22. The molecule has 18 heavy (non-hydrogen) atoms. The van der Waals surface area contributed by atoms with Crippen LogP contribution >= 0.6 is 11.6 Å². The molecule has 0 spiro atoms. The van der Waals surface area contributed by atoms with Crippen molar-refractivity contribution < 1.29 is 23.4 Å². The molecule has 1 unspecified atom stereocenters. The molecule has 0 aliphatic heterocycles. The molecule has 7 nitrogen and oxygen atoms in total. The quantitative estimate of drug-likeness (QED) is 0.601. The molecule has 0 heterocycles. The van der Waals surface area contributed by atoms with E-state index < -0.39 is 32.7 Å². The lowest BCUT2D eigenvalue weighted by Crippen LogP contribution is -2.25. The molecule has 0 bridgehead atoms. The van der Waals surface area contributed by atoms with Gasteiger partial charge in [0.05, 0.1) is 10.7 Å². The van der Waals surface area contributed by atoms with Crippen LogP contribution in [0.3, 0.4) is 0 Å². The molecule has 1 rings (SSSR count). The fraction of sp³-hybridized carbons (Fsp3) is 0.222. The van der Waals surface area contributed by atoms with Gasteiger partial charge >= 0.3 is 5.97 Å². The maximum Gasteiger partial charge on any atom is 0.325 e. The molecule has 0 aliphatic rings. The predicted molar refractivity (Wildman–Crippen MR) is 65.2 cm³/mol. The summed E-state index contributed by atoms with van der Waals surface area (Å²) in [5, 5.41) is 25.5. The molecule has 1 atom stereocenters. The Morgan fingerprint density at radius 1 is 1.50 bits per heavy atom. The average molecular weight is 295 g/mol. The summed E-state index contributed by atoms with van der Waals surface area (Å²) >= 11 is 5.62. The van der Waals surface area contributed by atoms with Crippen LogP contribution in [0.25, 0.3) is 0 Å². The van der Waals surface area contributed by atoms with Gasteiger partial charge in [0, 0.05) is 0 Å². The Hall–Kier alpha value is -1.51. The van der Waals surface area contributed by atoms with Gasteiger partial charge in [0.15, 0.2) is 5.75 Å². The first-order chi connectivity index (χ1) is 8.14. The number of carboxylic acids is 1. The minimum absolute atomic E-state index is 0.0849. The van der Waals surface area contributed by atoms with Gasteiger partial charge in [-0.05, 0) is 19.1 Å². The van der Waals surface area contributed by atoms with Crippen LogP contribution in [0.4, 0.5) is 5.69 Å². The second kappa shape index (κ2) is 5.01. The number of carbonyl (C=O) groups is 1. The van der Waals surface area contributed by atoms with Crippen LogP contribution in [0.1, 0.15) is 6.92 Å². The molecule has 1 aromatic rings. The summed E-state index contributed by atoms with van der Waals surface area (Å²) in [6.45, 7) is 1.33. The summed E-state index contributed by atoms with van der Waals surface area (Å²) in [5.74, 6) is -1.88. The maximum atomic E-state index is 11.2. The molecule has 100 valence electrons. The normalized spacial score (nSPS) is 13.1. The van der Waals surface area contributed by atoms with Gasteiger partial charge in [-0.1, -0.05) is 11.6 Å². The Kier molecular flexibility index (Phi) is 4.05. The number of phenols is 1. The first-order valence-corrected chi connectivity index (χ1v) is 6.60. The smallest absolute Gasteiger partial charge is 0.325 e. The highest BCUT2D eigenvalue weighted by Crippen LogP contribution is 2.36. The van der Waals surface area contributed by atoms with Crippen molar-refractivity contribution in [3.63, 3.8) is 0 Å². The van der Waals surface area contributed by atoms with E-state index in [4.69, 9.17) is 21.8 Å². The molecule has 5 N–H and O–H groups in total. The van der Waals surface area contributed by atoms with Crippen molar-refractivity contribution in [3.8, 4) is 5.75 Å². The summed E-state index contributed by atoms with van der Waals surface area (Å²) in [6.07, 6.45) is 0. The molecule has 0 saturated carbocycles. The van der Waals surface area contributed by atoms with E-state index in [-0.39, 0.29) is 10.7 Å². The number of nitrogens with one attached hydrogen (secondary N) is 1. The van der Waals surface area contributed by atoms with E-state index in [1.165, 1.54) is 19.1 Å². The average Bonchev–Trinajstić information content (AvgIpc) is 2.20. The zero-order valence-electron chi connectivity index (χ0n) is 9.21. The Labute approximate surface area is 108 Å². The van der Waals surface area contributed by atoms with Crippen molar-refractivity contribution in [2.24, 2.45) is 5.14 Å². The Morgan fingerprint density at radius 3 is 2.50 bits per heavy atom. The second-order valence-corrected chi connectivity index (χ2v) is 5.43. The Balaban J connectivity index is 3.30. The number of benzene rings is 1. The molecule has 1 aromatic carbocycles. The van der Waals surface area contributed by atoms with Crippen LogP contribution in [0.2, 0.25) is 5.02 Å². The van der Waals surface area contributed by atoms with Crippen LogP contribution in [0.5, 0.6) is 5.75 Å². The number of primary sulfonamides is 1. The lowest BCUT2D eigenvalue weighted by molar-refractivity contribution is -0.137. The Morgan fingerprint density at radius 2 is 2.06 bits per heavy atom. The molecular weight excluding hydrogens is 284 g/mol. The zero-order valence-corrected chi connectivity index (χ0v) is 10.8. The molecule has 0 aromatic heterocycles. The van der Waals surface area contributed by atoms with Gasteiger partial charge in [0.2, 0.25) is 10.0 Å². The lowest BCUT2D eigenvalue weighted by Gasteiger charge is -2.14. The van der Waals surface area contributed by atoms with E-state index in [0.29, 0.717) is 0 Å². The first kappa shape index (κ1) is 14.6. The molecule has 9 heteroatoms. The topological polar surface area (TPSA) is 130 Å². The zero-order chi connectivity index (χ0) is 14.1. The highest BCUT2D eigenvalue weighted by molar-refractivity contribution is 7.89. The van der Waals surface area contributed by atoms with E-state index in [9.17, 15) is 18.3 Å². The Bertz CT molecular complexity index is 587.